The molecule has 14 heteroatoms. The van der Waals surface area contributed by atoms with Crippen molar-refractivity contribution in [3.05, 3.63) is 155 Å². The van der Waals surface area contributed by atoms with Gasteiger partial charge in [0.1, 0.15) is 34.4 Å². The van der Waals surface area contributed by atoms with E-state index < -0.39 is 11.9 Å². The van der Waals surface area contributed by atoms with E-state index in [0.29, 0.717) is 62.7 Å². The van der Waals surface area contributed by atoms with Crippen molar-refractivity contribution in [3.8, 4) is 23.0 Å². The number of para-hydroxylation sites is 2. The van der Waals surface area contributed by atoms with Crippen LogP contribution >= 0.6 is 23.2 Å². The SMILES string of the molecule is COC(=O)c1cc2c(Cl)cc(Oc3ccccc3)cc2n1Cc1cnc[nH]1.O=C(O)c1cc2c(Cl)cc(Oc3ccccc3)cc2n1Cc1cnc[nH]1. The molecule has 0 aliphatic heterocycles. The number of methoxy groups -OCH3 is 1. The number of hydrogen-bond acceptors (Lipinski definition) is 7. The van der Waals surface area contributed by atoms with E-state index in [-0.39, 0.29) is 5.69 Å². The van der Waals surface area contributed by atoms with Crippen molar-refractivity contribution < 1.29 is 28.9 Å². The molecule has 0 spiro atoms. The van der Waals surface area contributed by atoms with Crippen molar-refractivity contribution >= 4 is 56.9 Å². The molecule has 8 rings (SSSR count). The number of hydrogen-bond donors (Lipinski definition) is 3. The largest absolute Gasteiger partial charge is 0.477 e. The third kappa shape index (κ3) is 7.74. The van der Waals surface area contributed by atoms with E-state index in [0.717, 1.165) is 22.3 Å². The normalized spacial score (nSPS) is 10.9. The Labute approximate surface area is 312 Å². The number of nitrogens with zero attached hydrogens (tertiary/aromatic N) is 4. The van der Waals surface area contributed by atoms with Crippen LogP contribution in [0, 0.1) is 0 Å². The molecule has 266 valence electrons. The summed E-state index contributed by atoms with van der Waals surface area (Å²) in [5.41, 5.74) is 3.63. The average Bonchev–Trinajstić information content (AvgIpc) is 3.99. The van der Waals surface area contributed by atoms with Crippen LogP contribution in [0.2, 0.25) is 10.0 Å². The summed E-state index contributed by atoms with van der Waals surface area (Å²) in [7, 11) is 1.35. The van der Waals surface area contributed by atoms with Crippen LogP contribution in [0.25, 0.3) is 21.8 Å². The van der Waals surface area contributed by atoms with Crippen molar-refractivity contribution in [1.29, 1.82) is 0 Å². The van der Waals surface area contributed by atoms with Crippen molar-refractivity contribution in [2.24, 2.45) is 0 Å². The van der Waals surface area contributed by atoms with Crippen LogP contribution < -0.4 is 9.47 Å². The highest BCUT2D eigenvalue weighted by Crippen LogP contribution is 2.36. The van der Waals surface area contributed by atoms with Gasteiger partial charge in [-0.1, -0.05) is 59.6 Å². The number of ether oxygens (including phenoxy) is 3. The number of esters is 1. The van der Waals surface area contributed by atoms with Gasteiger partial charge in [0.05, 0.1) is 65.3 Å². The fraction of sp³-hybridized carbons (Fsp3) is 0.0769. The highest BCUT2D eigenvalue weighted by molar-refractivity contribution is 6.36. The van der Waals surface area contributed by atoms with Crippen LogP contribution in [0.4, 0.5) is 0 Å². The number of fused-ring (bicyclic) bond motifs is 2. The minimum Gasteiger partial charge on any atom is -0.477 e. The first kappa shape index (κ1) is 34.9. The van der Waals surface area contributed by atoms with E-state index in [1.165, 1.54) is 7.11 Å². The second-order valence-electron chi connectivity index (χ2n) is 11.7. The van der Waals surface area contributed by atoms with E-state index in [9.17, 15) is 14.7 Å². The minimum absolute atomic E-state index is 0.147. The van der Waals surface area contributed by atoms with Gasteiger partial charge in [-0.25, -0.2) is 19.6 Å². The van der Waals surface area contributed by atoms with Gasteiger partial charge in [-0.2, -0.15) is 0 Å². The van der Waals surface area contributed by atoms with Crippen molar-refractivity contribution in [1.82, 2.24) is 29.1 Å². The Kier molecular flexibility index (Phi) is 10.1. The highest BCUT2D eigenvalue weighted by atomic mass is 35.5. The number of H-pyrrole nitrogens is 2. The van der Waals surface area contributed by atoms with E-state index in [1.54, 1.807) is 59.9 Å². The molecule has 4 heterocycles. The molecule has 4 aromatic carbocycles. The Morgan fingerprint density at radius 1 is 0.660 bits per heavy atom. The molecule has 4 aromatic heterocycles. The number of nitrogens with one attached hydrogen (secondary N) is 2. The van der Waals surface area contributed by atoms with Gasteiger partial charge in [-0.15, -0.1) is 0 Å². The second kappa shape index (κ2) is 15.4. The van der Waals surface area contributed by atoms with Gasteiger partial charge in [-0.05, 0) is 36.4 Å². The summed E-state index contributed by atoms with van der Waals surface area (Å²) in [4.78, 5) is 38.0. The van der Waals surface area contributed by atoms with Gasteiger partial charge in [-0.3, -0.25) is 0 Å². The molecule has 0 atom stereocenters. The van der Waals surface area contributed by atoms with Crippen LogP contribution in [0.3, 0.4) is 0 Å². The maximum absolute atomic E-state index is 12.3. The van der Waals surface area contributed by atoms with Crippen LogP contribution in [0.15, 0.2) is 122 Å². The lowest BCUT2D eigenvalue weighted by Gasteiger charge is -2.10. The zero-order valence-electron chi connectivity index (χ0n) is 28.0. The molecule has 0 amide bonds. The number of imidazole rings is 2. The predicted molar refractivity (Wildman–Crippen MR) is 201 cm³/mol. The number of rotatable bonds is 10. The molecule has 0 saturated carbocycles. The van der Waals surface area contributed by atoms with E-state index in [2.05, 4.69) is 19.9 Å². The standard InChI is InChI=1S/C20H16ClN3O3.C19H14ClN3O3/c1-26-20(25)19-9-16-17(21)7-15(27-14-5-3-2-4-6-14)8-18(16)24(19)11-13-10-22-12-23-13;20-16-6-14(26-13-4-2-1-3-5-13)7-17-15(16)8-18(19(24)25)23(17)10-12-9-21-11-22-12/h2-10,12H,11H2,1H3,(H,22,23);1-9,11H,10H2,(H,21,22)(H,24,25). The van der Waals surface area contributed by atoms with Gasteiger partial charge in [0.2, 0.25) is 0 Å². The summed E-state index contributed by atoms with van der Waals surface area (Å²) >= 11 is 12.9. The summed E-state index contributed by atoms with van der Waals surface area (Å²) < 4.78 is 20.2. The van der Waals surface area contributed by atoms with Crippen molar-refractivity contribution in [3.63, 3.8) is 0 Å². The number of carboxylic acids is 1. The zero-order chi connectivity index (χ0) is 36.9. The number of aromatic nitrogens is 6. The molecule has 0 aliphatic carbocycles. The fourth-order valence-corrected chi connectivity index (χ4v) is 6.34. The Balaban J connectivity index is 0.000000164. The van der Waals surface area contributed by atoms with Gasteiger partial charge in [0.15, 0.2) is 0 Å². The summed E-state index contributed by atoms with van der Waals surface area (Å²) in [6.07, 6.45) is 6.51. The predicted octanol–water partition coefficient (Wildman–Crippen LogP) is 9.20. The third-order valence-corrected chi connectivity index (χ3v) is 8.85. The van der Waals surface area contributed by atoms with Crippen molar-refractivity contribution in [2.45, 2.75) is 13.1 Å². The number of benzene rings is 4. The first-order valence-corrected chi connectivity index (χ1v) is 16.9. The van der Waals surface area contributed by atoms with Gasteiger partial charge in [0.25, 0.3) is 0 Å². The van der Waals surface area contributed by atoms with Crippen LogP contribution in [0.5, 0.6) is 23.0 Å². The van der Waals surface area contributed by atoms with Gasteiger partial charge < -0.3 is 38.4 Å². The lowest BCUT2D eigenvalue weighted by molar-refractivity contribution is 0.0588. The molecule has 8 aromatic rings. The Bertz CT molecular complexity index is 2510. The van der Waals surface area contributed by atoms with E-state index >= 15 is 0 Å². The topological polar surface area (TPSA) is 149 Å². The molecule has 3 N–H and O–H groups in total. The number of aromatic amines is 2. The van der Waals surface area contributed by atoms with Crippen LogP contribution in [-0.4, -0.2) is 53.2 Å². The average molecular weight is 750 g/mol. The maximum Gasteiger partial charge on any atom is 0.354 e. The molecule has 0 radical (unpaired) electrons. The number of carbonyl (C=O) groups excluding carboxylic acids is 1. The highest BCUT2D eigenvalue weighted by Gasteiger charge is 2.21. The first-order valence-electron chi connectivity index (χ1n) is 16.1. The zero-order valence-corrected chi connectivity index (χ0v) is 29.5. The molecule has 0 saturated heterocycles. The number of carboxylic acid groups (broad SMARTS) is 1. The van der Waals surface area contributed by atoms with Gasteiger partial charge in [0, 0.05) is 47.4 Å². The van der Waals surface area contributed by atoms with Gasteiger partial charge >= 0.3 is 11.9 Å². The summed E-state index contributed by atoms with van der Waals surface area (Å²) in [6, 6.07) is 29.1. The smallest absolute Gasteiger partial charge is 0.354 e. The molecule has 0 fully saturated rings. The number of aromatic carboxylic acids is 1. The molecule has 0 aliphatic rings. The van der Waals surface area contributed by atoms with E-state index in [1.807, 2.05) is 71.3 Å². The second-order valence-corrected chi connectivity index (χ2v) is 12.5. The lowest BCUT2D eigenvalue weighted by Crippen LogP contribution is -2.11. The fourth-order valence-electron chi connectivity index (χ4n) is 5.82. The lowest BCUT2D eigenvalue weighted by atomic mass is 10.2. The Morgan fingerprint density at radius 3 is 1.53 bits per heavy atom. The molecular weight excluding hydrogens is 719 g/mol. The summed E-state index contributed by atoms with van der Waals surface area (Å²) in [5.74, 6) is 1.03. The molecule has 12 nitrogen and oxygen atoms in total. The molecule has 53 heavy (non-hydrogen) atoms. The quantitative estimate of drug-likeness (QED) is 0.117. The minimum atomic E-state index is -1.03. The Hall–Kier alpha value is -6.50. The number of halogens is 2. The third-order valence-electron chi connectivity index (χ3n) is 8.23. The monoisotopic (exact) mass is 748 g/mol. The first-order chi connectivity index (χ1) is 25.8. The van der Waals surface area contributed by atoms with Crippen LogP contribution in [0.1, 0.15) is 32.4 Å². The van der Waals surface area contributed by atoms with Crippen molar-refractivity contribution in [2.75, 3.05) is 7.11 Å². The Morgan fingerprint density at radius 2 is 1.11 bits per heavy atom. The molecule has 0 unspecified atom stereocenters. The molecule has 0 bridgehead atoms. The summed E-state index contributed by atoms with van der Waals surface area (Å²) in [5, 5.41) is 11.9. The molecular formula is C39H30Cl2N6O6. The maximum atomic E-state index is 12.3. The summed E-state index contributed by atoms with van der Waals surface area (Å²) in [6.45, 7) is 0.745. The van der Waals surface area contributed by atoms with Crippen LogP contribution in [-0.2, 0) is 17.8 Å². The number of carbonyl (C=O) groups is 2. The van der Waals surface area contributed by atoms with E-state index in [4.69, 9.17) is 37.4 Å².